The fraction of sp³-hybridized carbons (Fsp3) is 0.389. The quantitative estimate of drug-likeness (QED) is 0.712. The summed E-state index contributed by atoms with van der Waals surface area (Å²) in [7, 11) is 0. The molecule has 4 rings (SSSR count). The second kappa shape index (κ2) is 6.78. The average molecular weight is 339 g/mol. The van der Waals surface area contributed by atoms with Crippen LogP contribution in [0.4, 0.5) is 0 Å². The van der Waals surface area contributed by atoms with Crippen LogP contribution in [0.3, 0.4) is 0 Å². The van der Waals surface area contributed by atoms with Crippen molar-refractivity contribution in [1.29, 1.82) is 0 Å². The van der Waals surface area contributed by atoms with Crippen molar-refractivity contribution in [1.82, 2.24) is 24.1 Å². The molecule has 0 aromatic carbocycles. The van der Waals surface area contributed by atoms with Crippen LogP contribution in [0, 0.1) is 6.92 Å². The zero-order chi connectivity index (χ0) is 17.2. The van der Waals surface area contributed by atoms with Crippen LogP contribution in [-0.4, -0.2) is 49.9 Å². The molecule has 7 nitrogen and oxygen atoms in total. The number of morpholine rings is 1. The van der Waals surface area contributed by atoms with Crippen molar-refractivity contribution in [2.24, 2.45) is 0 Å². The smallest absolute Gasteiger partial charge is 0.258 e. The highest BCUT2D eigenvalue weighted by Crippen LogP contribution is 2.11. The summed E-state index contributed by atoms with van der Waals surface area (Å²) >= 11 is 0. The monoisotopic (exact) mass is 339 g/mol. The van der Waals surface area contributed by atoms with Gasteiger partial charge in [0.1, 0.15) is 5.65 Å². The third-order valence-electron chi connectivity index (χ3n) is 4.42. The maximum atomic E-state index is 12.3. The molecule has 0 bridgehead atoms. The number of hydrogen-bond acceptors (Lipinski definition) is 5. The summed E-state index contributed by atoms with van der Waals surface area (Å²) in [6.45, 7) is 5.67. The summed E-state index contributed by atoms with van der Waals surface area (Å²) in [4.78, 5) is 19.3. The lowest BCUT2D eigenvalue weighted by Gasteiger charge is -2.32. The minimum atomic E-state index is -0.0370. The Morgan fingerprint density at radius 3 is 3.12 bits per heavy atom. The summed E-state index contributed by atoms with van der Waals surface area (Å²) < 4.78 is 9.32. The fourth-order valence-electron chi connectivity index (χ4n) is 3.22. The van der Waals surface area contributed by atoms with Crippen LogP contribution < -0.4 is 5.56 Å². The van der Waals surface area contributed by atoms with Gasteiger partial charge in [0.25, 0.3) is 5.56 Å². The Kier molecular flexibility index (Phi) is 4.33. The van der Waals surface area contributed by atoms with E-state index in [2.05, 4.69) is 15.0 Å². The fourth-order valence-corrected chi connectivity index (χ4v) is 3.22. The van der Waals surface area contributed by atoms with E-state index in [1.807, 2.05) is 42.2 Å². The Labute approximate surface area is 145 Å². The molecule has 0 saturated carbocycles. The largest absolute Gasteiger partial charge is 0.374 e. The molecular formula is C18H21N5O2. The molecular weight excluding hydrogens is 318 g/mol. The van der Waals surface area contributed by atoms with E-state index in [1.165, 1.54) is 0 Å². The van der Waals surface area contributed by atoms with Gasteiger partial charge in [0.2, 0.25) is 0 Å². The van der Waals surface area contributed by atoms with Crippen molar-refractivity contribution in [2.45, 2.75) is 26.1 Å². The van der Waals surface area contributed by atoms with Crippen molar-refractivity contribution < 1.29 is 4.74 Å². The molecule has 1 aliphatic rings. The number of ether oxygens (including phenoxy) is 1. The minimum absolute atomic E-state index is 0.0370. The predicted octanol–water partition coefficient (Wildman–Crippen LogP) is 1.10. The van der Waals surface area contributed by atoms with Gasteiger partial charge in [-0.05, 0) is 24.6 Å². The van der Waals surface area contributed by atoms with Crippen LogP contribution in [0.15, 0.2) is 47.7 Å². The van der Waals surface area contributed by atoms with Crippen LogP contribution in [0.5, 0.6) is 0 Å². The van der Waals surface area contributed by atoms with Crippen LogP contribution in [-0.2, 0) is 17.8 Å². The van der Waals surface area contributed by atoms with E-state index in [0.29, 0.717) is 18.8 Å². The Bertz CT molecular complexity index is 919. The molecule has 3 aromatic heterocycles. The lowest BCUT2D eigenvalue weighted by molar-refractivity contribution is -0.0405. The third-order valence-corrected chi connectivity index (χ3v) is 4.42. The molecule has 0 radical (unpaired) electrons. The standard InChI is InChI=1S/C18H21N5O2/c1-14-3-4-17-20-15(9-18(24)23(17)10-14)11-21-7-8-25-16(12-21)13-22-6-2-5-19-22/h2-6,9-10,16H,7-8,11-13H2,1H3/t16-/m1/s1. The number of fused-ring (bicyclic) bond motifs is 1. The highest BCUT2D eigenvalue weighted by molar-refractivity contribution is 5.39. The first-order valence-electron chi connectivity index (χ1n) is 8.48. The molecule has 0 spiro atoms. The van der Waals surface area contributed by atoms with E-state index in [-0.39, 0.29) is 11.7 Å². The summed E-state index contributed by atoms with van der Waals surface area (Å²) in [6, 6.07) is 7.40. The molecule has 7 heteroatoms. The van der Waals surface area contributed by atoms with Gasteiger partial charge in [0.05, 0.1) is 24.9 Å². The van der Waals surface area contributed by atoms with Crippen LogP contribution in [0.25, 0.3) is 5.65 Å². The summed E-state index contributed by atoms with van der Waals surface area (Å²) in [6.07, 6.45) is 5.63. The van der Waals surface area contributed by atoms with Gasteiger partial charge in [-0.2, -0.15) is 5.10 Å². The van der Waals surface area contributed by atoms with Crippen LogP contribution in [0.1, 0.15) is 11.3 Å². The summed E-state index contributed by atoms with van der Waals surface area (Å²) in [5.74, 6) is 0. The number of hydrogen-bond donors (Lipinski definition) is 0. The SMILES string of the molecule is Cc1ccc2nc(CN3CCO[C@@H](Cn4cccn4)C3)cc(=O)n2c1. The first kappa shape index (κ1) is 16.0. The van der Waals surface area contributed by atoms with Gasteiger partial charge in [0, 0.05) is 44.3 Å². The first-order chi connectivity index (χ1) is 12.2. The van der Waals surface area contributed by atoms with Crippen molar-refractivity contribution in [3.05, 3.63) is 64.5 Å². The number of aromatic nitrogens is 4. The maximum Gasteiger partial charge on any atom is 0.258 e. The molecule has 0 aliphatic carbocycles. The molecule has 0 unspecified atom stereocenters. The molecule has 1 aliphatic heterocycles. The normalized spacial score (nSPS) is 18.7. The first-order valence-corrected chi connectivity index (χ1v) is 8.48. The number of nitrogens with zero attached hydrogens (tertiary/aromatic N) is 5. The summed E-state index contributed by atoms with van der Waals surface area (Å²) in [5.41, 5.74) is 2.49. The highest BCUT2D eigenvalue weighted by Gasteiger charge is 2.21. The Balaban J connectivity index is 1.48. The zero-order valence-electron chi connectivity index (χ0n) is 14.2. The zero-order valence-corrected chi connectivity index (χ0v) is 14.2. The topological polar surface area (TPSA) is 64.7 Å². The van der Waals surface area contributed by atoms with Crippen molar-refractivity contribution in [3.8, 4) is 0 Å². The Morgan fingerprint density at radius 2 is 2.28 bits per heavy atom. The maximum absolute atomic E-state index is 12.3. The predicted molar refractivity (Wildman–Crippen MR) is 93.4 cm³/mol. The van der Waals surface area contributed by atoms with Crippen molar-refractivity contribution in [3.63, 3.8) is 0 Å². The van der Waals surface area contributed by atoms with Gasteiger partial charge >= 0.3 is 0 Å². The lowest BCUT2D eigenvalue weighted by atomic mass is 10.2. The molecule has 130 valence electrons. The van der Waals surface area contributed by atoms with E-state index in [4.69, 9.17) is 4.74 Å². The van der Waals surface area contributed by atoms with Gasteiger partial charge in [-0.3, -0.25) is 18.8 Å². The van der Waals surface area contributed by atoms with Gasteiger partial charge in [0.15, 0.2) is 0 Å². The van der Waals surface area contributed by atoms with Crippen molar-refractivity contribution in [2.75, 3.05) is 19.7 Å². The molecule has 1 fully saturated rings. The van der Waals surface area contributed by atoms with E-state index in [1.54, 1.807) is 16.7 Å². The number of aryl methyl sites for hydroxylation is 1. The molecule has 1 saturated heterocycles. The van der Waals surface area contributed by atoms with E-state index in [9.17, 15) is 4.79 Å². The van der Waals surface area contributed by atoms with Gasteiger partial charge in [-0.25, -0.2) is 4.98 Å². The molecule has 3 aromatic rings. The van der Waals surface area contributed by atoms with E-state index >= 15 is 0 Å². The van der Waals surface area contributed by atoms with Crippen molar-refractivity contribution >= 4 is 5.65 Å². The molecule has 4 heterocycles. The van der Waals surface area contributed by atoms with Gasteiger partial charge in [-0.1, -0.05) is 6.07 Å². The highest BCUT2D eigenvalue weighted by atomic mass is 16.5. The molecule has 25 heavy (non-hydrogen) atoms. The number of pyridine rings is 1. The average Bonchev–Trinajstić information content (AvgIpc) is 3.09. The summed E-state index contributed by atoms with van der Waals surface area (Å²) in [5, 5.41) is 4.23. The van der Waals surface area contributed by atoms with Gasteiger partial charge in [-0.15, -0.1) is 0 Å². The minimum Gasteiger partial charge on any atom is -0.374 e. The second-order valence-electron chi connectivity index (χ2n) is 6.48. The molecule has 1 atom stereocenters. The Morgan fingerprint density at radius 1 is 1.36 bits per heavy atom. The molecule has 0 N–H and O–H groups in total. The van der Waals surface area contributed by atoms with Gasteiger partial charge < -0.3 is 4.74 Å². The van der Waals surface area contributed by atoms with Crippen LogP contribution >= 0.6 is 0 Å². The van der Waals surface area contributed by atoms with E-state index < -0.39 is 0 Å². The third kappa shape index (κ3) is 3.62. The lowest BCUT2D eigenvalue weighted by Crippen LogP contribution is -2.44. The Hall–Kier alpha value is -2.51. The molecule has 0 amide bonds. The van der Waals surface area contributed by atoms with E-state index in [0.717, 1.165) is 30.9 Å². The second-order valence-corrected chi connectivity index (χ2v) is 6.48. The van der Waals surface area contributed by atoms with Crippen LogP contribution in [0.2, 0.25) is 0 Å². The number of rotatable bonds is 4.